The van der Waals surface area contributed by atoms with Crippen LogP contribution in [-0.2, 0) is 16.4 Å². The highest BCUT2D eigenvalue weighted by molar-refractivity contribution is 7.92. The third kappa shape index (κ3) is 2.89. The molecule has 0 amide bonds. The summed E-state index contributed by atoms with van der Waals surface area (Å²) in [5.41, 5.74) is 4.26. The molecule has 2 N–H and O–H groups in total. The molecule has 2 aromatic carbocycles. The third-order valence-electron chi connectivity index (χ3n) is 4.48. The van der Waals surface area contributed by atoms with Gasteiger partial charge in [-0.2, -0.15) is 0 Å². The normalized spacial score (nSPS) is 13.0. The second-order valence-corrected chi connectivity index (χ2v) is 8.52. The molecule has 1 aromatic heterocycles. The molecule has 0 unspecified atom stereocenters. The lowest BCUT2D eigenvalue weighted by Gasteiger charge is -2.13. The van der Waals surface area contributed by atoms with Crippen molar-refractivity contribution in [2.45, 2.75) is 6.42 Å². The van der Waals surface area contributed by atoms with E-state index < -0.39 is 10.0 Å². The number of aromatic nitrogens is 1. The van der Waals surface area contributed by atoms with Gasteiger partial charge in [0, 0.05) is 23.1 Å². The molecule has 1 heterocycles. The molecule has 4 rings (SSSR count). The van der Waals surface area contributed by atoms with Crippen molar-refractivity contribution in [2.24, 2.45) is 0 Å². The van der Waals surface area contributed by atoms with E-state index in [2.05, 4.69) is 9.71 Å². The van der Waals surface area contributed by atoms with Gasteiger partial charge in [-0.1, -0.05) is 24.3 Å². The Hall–Kier alpha value is -2.64. The molecule has 0 aliphatic heterocycles. The van der Waals surface area contributed by atoms with Crippen LogP contribution in [0.1, 0.15) is 11.1 Å². The van der Waals surface area contributed by atoms with Crippen LogP contribution in [0.5, 0.6) is 0 Å². The minimum atomic E-state index is -3.44. The molecule has 0 saturated heterocycles. The van der Waals surface area contributed by atoms with Crippen LogP contribution in [0.4, 0.5) is 5.69 Å². The summed E-state index contributed by atoms with van der Waals surface area (Å²) in [4.78, 5) is 16.9. The maximum Gasteiger partial charge on any atom is 0.256 e. The van der Waals surface area contributed by atoms with Gasteiger partial charge in [-0.3, -0.25) is 14.4 Å². The van der Waals surface area contributed by atoms with E-state index in [9.17, 15) is 13.2 Å². The zero-order valence-corrected chi connectivity index (χ0v) is 15.4. The summed E-state index contributed by atoms with van der Waals surface area (Å²) in [5.74, 6) is -0.0811. The van der Waals surface area contributed by atoms with Gasteiger partial charge in [-0.25, -0.2) is 8.42 Å². The highest BCUT2D eigenvalue weighted by atomic mass is 32.2. The predicted molar refractivity (Wildman–Crippen MR) is 104 cm³/mol. The van der Waals surface area contributed by atoms with E-state index in [-0.39, 0.29) is 11.4 Å². The standard InChI is InChI=1S/C19H19N3O3S/c1-22(2)11-26(24,25)21-13-7-8-14-12(9-13)10-17-15-5-3-4-6-16(15)19(23)20-18(14)17/h3-9,21H,10-11H2,1-2H3,(H,20,23). The van der Waals surface area contributed by atoms with E-state index in [1.807, 2.05) is 36.4 Å². The number of hydrogen-bond acceptors (Lipinski definition) is 4. The quantitative estimate of drug-likeness (QED) is 0.579. The van der Waals surface area contributed by atoms with Gasteiger partial charge < -0.3 is 4.98 Å². The summed E-state index contributed by atoms with van der Waals surface area (Å²) in [5, 5.41) is 1.61. The number of nitrogens with zero attached hydrogens (tertiary/aromatic N) is 1. The van der Waals surface area contributed by atoms with E-state index in [1.165, 1.54) is 0 Å². The Labute approximate surface area is 151 Å². The summed E-state index contributed by atoms with van der Waals surface area (Å²) in [7, 11) is -0.0253. The molecule has 0 fully saturated rings. The number of aromatic amines is 1. The molecular formula is C19H19N3O3S. The number of H-pyrrole nitrogens is 1. The Morgan fingerprint density at radius 1 is 1.12 bits per heavy atom. The highest BCUT2D eigenvalue weighted by Gasteiger charge is 2.23. The highest BCUT2D eigenvalue weighted by Crippen LogP contribution is 2.38. The number of hydrogen-bond donors (Lipinski definition) is 2. The van der Waals surface area contributed by atoms with Gasteiger partial charge in [0.05, 0.1) is 5.69 Å². The molecule has 0 atom stereocenters. The van der Waals surface area contributed by atoms with Crippen LogP contribution in [0.2, 0.25) is 0 Å². The van der Waals surface area contributed by atoms with Crippen molar-refractivity contribution in [3.63, 3.8) is 0 Å². The number of pyridine rings is 1. The zero-order valence-electron chi connectivity index (χ0n) is 14.5. The van der Waals surface area contributed by atoms with Crippen molar-refractivity contribution in [3.8, 4) is 11.3 Å². The third-order valence-corrected chi connectivity index (χ3v) is 5.88. The Kier molecular flexibility index (Phi) is 3.86. The Balaban J connectivity index is 1.75. The van der Waals surface area contributed by atoms with E-state index in [1.54, 1.807) is 25.1 Å². The average molecular weight is 369 g/mol. The SMILES string of the molecule is CN(C)CS(=O)(=O)Nc1ccc2c(c1)Cc1c-2[nH]c(=O)c2ccccc12. The van der Waals surface area contributed by atoms with Crippen LogP contribution in [-0.4, -0.2) is 38.3 Å². The molecular weight excluding hydrogens is 350 g/mol. The molecule has 0 saturated carbocycles. The molecule has 3 aromatic rings. The number of anilines is 1. The van der Waals surface area contributed by atoms with Gasteiger partial charge in [0.25, 0.3) is 5.56 Å². The number of nitrogens with one attached hydrogen (secondary N) is 2. The first-order valence-electron chi connectivity index (χ1n) is 8.26. The summed E-state index contributed by atoms with van der Waals surface area (Å²) in [6.45, 7) is 0. The summed E-state index contributed by atoms with van der Waals surface area (Å²) in [6, 6.07) is 13.0. The predicted octanol–water partition coefficient (Wildman–Crippen LogP) is 2.36. The number of rotatable bonds is 4. The van der Waals surface area contributed by atoms with E-state index in [0.717, 1.165) is 27.8 Å². The van der Waals surface area contributed by atoms with Crippen LogP contribution in [0, 0.1) is 0 Å². The van der Waals surface area contributed by atoms with Gasteiger partial charge >= 0.3 is 0 Å². The van der Waals surface area contributed by atoms with Crippen molar-refractivity contribution < 1.29 is 8.42 Å². The molecule has 7 heteroatoms. The van der Waals surface area contributed by atoms with E-state index in [0.29, 0.717) is 17.5 Å². The number of benzene rings is 2. The molecule has 26 heavy (non-hydrogen) atoms. The maximum atomic E-state index is 12.4. The minimum Gasteiger partial charge on any atom is -0.321 e. The molecule has 6 nitrogen and oxygen atoms in total. The van der Waals surface area contributed by atoms with Gasteiger partial charge in [-0.15, -0.1) is 0 Å². The fraction of sp³-hybridized carbons (Fsp3) is 0.211. The summed E-state index contributed by atoms with van der Waals surface area (Å²) >= 11 is 0. The zero-order chi connectivity index (χ0) is 18.5. The van der Waals surface area contributed by atoms with Crippen LogP contribution in [0.3, 0.4) is 0 Å². The van der Waals surface area contributed by atoms with Crippen molar-refractivity contribution in [1.82, 2.24) is 9.88 Å². The van der Waals surface area contributed by atoms with Crippen LogP contribution < -0.4 is 10.3 Å². The number of fused-ring (bicyclic) bond motifs is 5. The Morgan fingerprint density at radius 3 is 2.58 bits per heavy atom. The Bertz CT molecular complexity index is 1180. The van der Waals surface area contributed by atoms with Gasteiger partial charge in [-0.05, 0) is 48.8 Å². The molecule has 0 spiro atoms. The molecule has 1 aliphatic rings. The van der Waals surface area contributed by atoms with Crippen molar-refractivity contribution in [3.05, 3.63) is 63.9 Å². The Morgan fingerprint density at radius 2 is 1.85 bits per heavy atom. The van der Waals surface area contributed by atoms with Gasteiger partial charge in [0.2, 0.25) is 10.0 Å². The smallest absolute Gasteiger partial charge is 0.256 e. The molecule has 0 bridgehead atoms. The van der Waals surface area contributed by atoms with Crippen molar-refractivity contribution in [2.75, 3.05) is 24.7 Å². The monoisotopic (exact) mass is 369 g/mol. The van der Waals surface area contributed by atoms with Crippen molar-refractivity contribution in [1.29, 1.82) is 0 Å². The topological polar surface area (TPSA) is 82.3 Å². The lowest BCUT2D eigenvalue weighted by Crippen LogP contribution is -2.27. The van der Waals surface area contributed by atoms with E-state index in [4.69, 9.17) is 0 Å². The maximum absolute atomic E-state index is 12.4. The fourth-order valence-electron chi connectivity index (χ4n) is 3.54. The molecule has 134 valence electrons. The minimum absolute atomic E-state index is 0.0811. The van der Waals surface area contributed by atoms with E-state index >= 15 is 0 Å². The first-order valence-corrected chi connectivity index (χ1v) is 9.92. The molecule has 1 aliphatic carbocycles. The first kappa shape index (κ1) is 16.8. The molecule has 0 radical (unpaired) electrons. The second kappa shape index (κ2) is 5.96. The lowest BCUT2D eigenvalue weighted by molar-refractivity contribution is 0.463. The first-order chi connectivity index (χ1) is 12.3. The number of sulfonamides is 1. The fourth-order valence-corrected chi connectivity index (χ4v) is 4.77. The van der Waals surface area contributed by atoms with Crippen LogP contribution >= 0.6 is 0 Å². The second-order valence-electron chi connectivity index (χ2n) is 6.83. The summed E-state index contributed by atoms with van der Waals surface area (Å²) in [6.07, 6.45) is 0.658. The van der Waals surface area contributed by atoms with Crippen LogP contribution in [0.25, 0.3) is 22.0 Å². The summed E-state index contributed by atoms with van der Waals surface area (Å²) < 4.78 is 26.9. The van der Waals surface area contributed by atoms with Gasteiger partial charge in [0.1, 0.15) is 5.88 Å². The lowest BCUT2D eigenvalue weighted by atomic mass is 10.0. The largest absolute Gasteiger partial charge is 0.321 e. The van der Waals surface area contributed by atoms with Crippen molar-refractivity contribution >= 4 is 26.5 Å². The average Bonchev–Trinajstić information content (AvgIpc) is 2.91. The van der Waals surface area contributed by atoms with Crippen LogP contribution in [0.15, 0.2) is 47.3 Å². The van der Waals surface area contributed by atoms with Gasteiger partial charge in [0.15, 0.2) is 0 Å².